The summed E-state index contributed by atoms with van der Waals surface area (Å²) in [5, 5.41) is 8.69. The number of benzene rings is 1. The average molecular weight is 274 g/mol. The van der Waals surface area contributed by atoms with Gasteiger partial charge in [0.25, 0.3) is 0 Å². The van der Waals surface area contributed by atoms with E-state index in [1.807, 2.05) is 24.3 Å². The zero-order valence-corrected chi connectivity index (χ0v) is 12.4. The number of hydrogen-bond donors (Lipinski definition) is 0. The zero-order chi connectivity index (χ0) is 15.0. The van der Waals surface area contributed by atoms with Gasteiger partial charge in [-0.1, -0.05) is 32.0 Å². The molecule has 1 amide bonds. The Hall–Kier alpha value is -2.02. The maximum absolute atomic E-state index is 12.4. The highest BCUT2D eigenvalue weighted by Gasteiger charge is 2.16. The number of nitrogens with zero attached hydrogens (tertiary/aromatic N) is 2. The van der Waals surface area contributed by atoms with Crippen LogP contribution in [0.5, 0.6) is 5.75 Å². The molecule has 4 heteroatoms. The van der Waals surface area contributed by atoms with Gasteiger partial charge in [0.1, 0.15) is 5.75 Å². The second-order valence-electron chi connectivity index (χ2n) is 5.13. The first kappa shape index (κ1) is 16.0. The van der Waals surface area contributed by atoms with Crippen LogP contribution in [0, 0.1) is 17.2 Å². The van der Waals surface area contributed by atoms with Gasteiger partial charge in [0.05, 0.1) is 26.0 Å². The summed E-state index contributed by atoms with van der Waals surface area (Å²) in [6.45, 7) is 5.30. The quantitative estimate of drug-likeness (QED) is 0.768. The molecule has 0 fully saturated rings. The van der Waals surface area contributed by atoms with Gasteiger partial charge in [0.2, 0.25) is 5.91 Å². The summed E-state index contributed by atoms with van der Waals surface area (Å²) in [6, 6.07) is 9.62. The average Bonchev–Trinajstić information content (AvgIpc) is 2.43. The van der Waals surface area contributed by atoms with E-state index in [1.54, 1.807) is 12.0 Å². The molecule has 0 saturated heterocycles. The Morgan fingerprint density at radius 1 is 1.40 bits per heavy atom. The molecule has 1 aromatic rings. The minimum atomic E-state index is 0.0402. The van der Waals surface area contributed by atoms with Crippen molar-refractivity contribution >= 4 is 5.91 Å². The summed E-state index contributed by atoms with van der Waals surface area (Å²) in [7, 11) is 1.60. The first-order valence-corrected chi connectivity index (χ1v) is 6.85. The Labute approximate surface area is 121 Å². The third-order valence-corrected chi connectivity index (χ3v) is 2.97. The minimum absolute atomic E-state index is 0.0402. The molecule has 0 heterocycles. The summed E-state index contributed by atoms with van der Waals surface area (Å²) in [5.74, 6) is 1.15. The fourth-order valence-electron chi connectivity index (χ4n) is 2.07. The summed E-state index contributed by atoms with van der Waals surface area (Å²) >= 11 is 0. The van der Waals surface area contributed by atoms with Crippen molar-refractivity contribution in [1.29, 1.82) is 5.26 Å². The molecule has 108 valence electrons. The number of rotatable bonds is 7. The zero-order valence-electron chi connectivity index (χ0n) is 12.4. The lowest BCUT2D eigenvalue weighted by Gasteiger charge is -2.24. The molecule has 0 aliphatic carbocycles. The van der Waals surface area contributed by atoms with Crippen LogP contribution in [0.1, 0.15) is 25.8 Å². The molecule has 0 spiro atoms. The normalized spacial score (nSPS) is 10.2. The molecule has 0 unspecified atom stereocenters. The van der Waals surface area contributed by atoms with Crippen molar-refractivity contribution in [3.8, 4) is 11.8 Å². The van der Waals surface area contributed by atoms with Crippen LogP contribution >= 0.6 is 0 Å². The number of methoxy groups -OCH3 is 1. The lowest BCUT2D eigenvalue weighted by molar-refractivity contribution is -0.131. The smallest absolute Gasteiger partial charge is 0.227 e. The first-order chi connectivity index (χ1) is 9.58. The van der Waals surface area contributed by atoms with Crippen LogP contribution in [-0.2, 0) is 11.2 Å². The van der Waals surface area contributed by atoms with Crippen molar-refractivity contribution in [2.45, 2.75) is 26.7 Å². The van der Waals surface area contributed by atoms with Crippen LogP contribution in [0.15, 0.2) is 24.3 Å². The molecule has 0 radical (unpaired) electrons. The third-order valence-electron chi connectivity index (χ3n) is 2.97. The molecule has 20 heavy (non-hydrogen) atoms. The van der Waals surface area contributed by atoms with Gasteiger partial charge in [0, 0.05) is 18.7 Å². The van der Waals surface area contributed by atoms with Gasteiger partial charge in [-0.15, -0.1) is 0 Å². The molecular formula is C16H22N2O2. The highest BCUT2D eigenvalue weighted by Crippen LogP contribution is 2.18. The van der Waals surface area contributed by atoms with E-state index in [2.05, 4.69) is 19.9 Å². The van der Waals surface area contributed by atoms with E-state index < -0.39 is 0 Å². The van der Waals surface area contributed by atoms with Crippen molar-refractivity contribution in [3.63, 3.8) is 0 Å². The van der Waals surface area contributed by atoms with E-state index in [9.17, 15) is 4.79 Å². The number of ether oxygens (including phenoxy) is 1. The van der Waals surface area contributed by atoms with Crippen LogP contribution in [-0.4, -0.2) is 31.0 Å². The molecule has 0 atom stereocenters. The van der Waals surface area contributed by atoms with Gasteiger partial charge in [-0.25, -0.2) is 0 Å². The number of carbonyl (C=O) groups is 1. The van der Waals surface area contributed by atoms with Crippen molar-refractivity contribution in [1.82, 2.24) is 4.90 Å². The van der Waals surface area contributed by atoms with Crippen LogP contribution < -0.4 is 4.74 Å². The Kier molecular flexibility index (Phi) is 6.58. The van der Waals surface area contributed by atoms with E-state index in [0.717, 1.165) is 11.3 Å². The number of hydrogen-bond acceptors (Lipinski definition) is 3. The number of nitriles is 1. The van der Waals surface area contributed by atoms with E-state index in [0.29, 0.717) is 31.8 Å². The lowest BCUT2D eigenvalue weighted by Crippen LogP contribution is -2.36. The molecule has 0 aliphatic rings. The largest absolute Gasteiger partial charge is 0.496 e. The second kappa shape index (κ2) is 8.21. The van der Waals surface area contributed by atoms with E-state index in [4.69, 9.17) is 10.00 Å². The van der Waals surface area contributed by atoms with Gasteiger partial charge in [-0.05, 0) is 12.0 Å². The highest BCUT2D eigenvalue weighted by molar-refractivity contribution is 5.79. The second-order valence-corrected chi connectivity index (χ2v) is 5.13. The highest BCUT2D eigenvalue weighted by atomic mass is 16.5. The number of amides is 1. The Bertz CT molecular complexity index is 478. The topological polar surface area (TPSA) is 53.3 Å². The van der Waals surface area contributed by atoms with Crippen LogP contribution in [0.25, 0.3) is 0 Å². The Morgan fingerprint density at radius 3 is 2.70 bits per heavy atom. The molecular weight excluding hydrogens is 252 g/mol. The maximum Gasteiger partial charge on any atom is 0.227 e. The van der Waals surface area contributed by atoms with Crippen molar-refractivity contribution < 1.29 is 9.53 Å². The lowest BCUT2D eigenvalue weighted by atomic mass is 10.1. The van der Waals surface area contributed by atoms with Gasteiger partial charge in [-0.3, -0.25) is 4.79 Å². The molecule has 1 aromatic carbocycles. The van der Waals surface area contributed by atoms with E-state index >= 15 is 0 Å². The fraction of sp³-hybridized carbons (Fsp3) is 0.500. The molecule has 0 bridgehead atoms. The summed E-state index contributed by atoms with van der Waals surface area (Å²) in [6.07, 6.45) is 0.673. The Morgan fingerprint density at radius 2 is 2.10 bits per heavy atom. The molecule has 0 N–H and O–H groups in total. The predicted octanol–water partition coefficient (Wildman–Crippen LogP) is 2.64. The summed E-state index contributed by atoms with van der Waals surface area (Å²) < 4.78 is 5.27. The van der Waals surface area contributed by atoms with E-state index in [-0.39, 0.29) is 5.91 Å². The third kappa shape index (κ3) is 4.93. The molecule has 0 aliphatic heterocycles. The monoisotopic (exact) mass is 274 g/mol. The van der Waals surface area contributed by atoms with Gasteiger partial charge < -0.3 is 9.64 Å². The standard InChI is InChI=1S/C16H22N2O2/c1-13(2)12-18(10-6-9-17)16(19)11-14-7-4-5-8-15(14)20-3/h4-5,7-8,13H,6,10-12H2,1-3H3. The first-order valence-electron chi connectivity index (χ1n) is 6.85. The number of carbonyl (C=O) groups excluding carboxylic acids is 1. The maximum atomic E-state index is 12.4. The minimum Gasteiger partial charge on any atom is -0.496 e. The van der Waals surface area contributed by atoms with Gasteiger partial charge in [0.15, 0.2) is 0 Å². The number of para-hydroxylation sites is 1. The molecule has 1 rings (SSSR count). The molecule has 0 aromatic heterocycles. The molecule has 0 saturated carbocycles. The Balaban J connectivity index is 2.76. The van der Waals surface area contributed by atoms with E-state index in [1.165, 1.54) is 0 Å². The summed E-state index contributed by atoms with van der Waals surface area (Å²) in [5.41, 5.74) is 0.880. The van der Waals surface area contributed by atoms with Crippen molar-refractivity contribution in [2.24, 2.45) is 5.92 Å². The van der Waals surface area contributed by atoms with Crippen LogP contribution in [0.4, 0.5) is 0 Å². The molecule has 4 nitrogen and oxygen atoms in total. The summed E-state index contributed by atoms with van der Waals surface area (Å²) in [4.78, 5) is 14.1. The van der Waals surface area contributed by atoms with Gasteiger partial charge >= 0.3 is 0 Å². The van der Waals surface area contributed by atoms with Crippen molar-refractivity contribution in [3.05, 3.63) is 29.8 Å². The van der Waals surface area contributed by atoms with Crippen LogP contribution in [0.2, 0.25) is 0 Å². The van der Waals surface area contributed by atoms with Crippen LogP contribution in [0.3, 0.4) is 0 Å². The predicted molar refractivity (Wildman–Crippen MR) is 78.3 cm³/mol. The SMILES string of the molecule is COc1ccccc1CC(=O)N(CCC#N)CC(C)C. The van der Waals surface area contributed by atoms with Gasteiger partial charge in [-0.2, -0.15) is 5.26 Å². The van der Waals surface area contributed by atoms with Crippen molar-refractivity contribution in [2.75, 3.05) is 20.2 Å². The fourth-order valence-corrected chi connectivity index (χ4v) is 2.07.